The molecular weight excluding hydrogens is 194 g/mol. The Labute approximate surface area is 79.2 Å². The van der Waals surface area contributed by atoms with Crippen LogP contribution in [0.15, 0.2) is 0 Å². The first-order chi connectivity index (χ1) is 6.63. The molecule has 0 radical (unpaired) electrons. The molecule has 0 spiro atoms. The summed E-state index contributed by atoms with van der Waals surface area (Å²) >= 11 is 0. The van der Waals surface area contributed by atoms with Crippen molar-refractivity contribution in [2.24, 2.45) is 0 Å². The van der Waals surface area contributed by atoms with Crippen LogP contribution in [0, 0.1) is 0 Å². The standard InChI is InChI=1S/C7H11NO6/c9-1-2(10)4-3(11)5-6(13-4)8-7(12)14-5/h2-6,9-11H,1H2,(H,8,12)/t2-,3-,4+,5-,6+/m0/s1. The van der Waals surface area contributed by atoms with Crippen LogP contribution in [0.4, 0.5) is 4.79 Å². The summed E-state index contributed by atoms with van der Waals surface area (Å²) in [6.45, 7) is -0.519. The molecule has 5 atom stereocenters. The van der Waals surface area contributed by atoms with Crippen LogP contribution in [-0.4, -0.2) is 58.7 Å². The van der Waals surface area contributed by atoms with Gasteiger partial charge < -0.3 is 24.8 Å². The topological polar surface area (TPSA) is 108 Å². The molecule has 14 heavy (non-hydrogen) atoms. The monoisotopic (exact) mass is 205 g/mol. The Balaban J connectivity index is 2.05. The quantitative estimate of drug-likeness (QED) is 0.398. The van der Waals surface area contributed by atoms with E-state index in [0.29, 0.717) is 0 Å². The highest BCUT2D eigenvalue weighted by Gasteiger charge is 2.52. The number of fused-ring (bicyclic) bond motifs is 1. The van der Waals surface area contributed by atoms with Crippen molar-refractivity contribution in [3.05, 3.63) is 0 Å². The first-order valence-corrected chi connectivity index (χ1v) is 4.23. The molecule has 0 aromatic rings. The van der Waals surface area contributed by atoms with Crippen molar-refractivity contribution in [1.29, 1.82) is 0 Å². The second kappa shape index (κ2) is 3.35. The number of hydrogen-bond donors (Lipinski definition) is 4. The Kier molecular flexibility index (Phi) is 2.31. The fourth-order valence-corrected chi connectivity index (χ4v) is 1.64. The molecule has 2 aliphatic rings. The molecule has 2 aliphatic heterocycles. The van der Waals surface area contributed by atoms with E-state index in [1.165, 1.54) is 0 Å². The molecule has 0 bridgehead atoms. The van der Waals surface area contributed by atoms with E-state index in [9.17, 15) is 15.0 Å². The van der Waals surface area contributed by atoms with E-state index in [4.69, 9.17) is 14.6 Å². The summed E-state index contributed by atoms with van der Waals surface area (Å²) in [5.41, 5.74) is 0. The van der Waals surface area contributed by atoms with E-state index in [1.807, 2.05) is 0 Å². The molecule has 2 heterocycles. The average molecular weight is 205 g/mol. The molecule has 2 saturated heterocycles. The third-order valence-corrected chi connectivity index (χ3v) is 2.34. The molecule has 2 rings (SSSR count). The van der Waals surface area contributed by atoms with E-state index >= 15 is 0 Å². The molecule has 0 saturated carbocycles. The maximum Gasteiger partial charge on any atom is 0.409 e. The van der Waals surface area contributed by atoms with Gasteiger partial charge in [0, 0.05) is 0 Å². The molecule has 0 aromatic heterocycles. The lowest BCUT2D eigenvalue weighted by atomic mass is 10.1. The molecule has 0 aromatic carbocycles. The zero-order valence-electron chi connectivity index (χ0n) is 7.16. The first-order valence-electron chi connectivity index (χ1n) is 4.23. The number of alkyl carbamates (subject to hydrolysis) is 1. The van der Waals surface area contributed by atoms with Gasteiger partial charge in [0.2, 0.25) is 0 Å². The highest BCUT2D eigenvalue weighted by atomic mass is 16.6. The molecule has 4 N–H and O–H groups in total. The molecule has 1 amide bonds. The van der Waals surface area contributed by atoms with Crippen LogP contribution in [0.5, 0.6) is 0 Å². The summed E-state index contributed by atoms with van der Waals surface area (Å²) in [4.78, 5) is 10.7. The Hall–Kier alpha value is -0.890. The smallest absolute Gasteiger partial charge is 0.409 e. The Morgan fingerprint density at radius 1 is 1.57 bits per heavy atom. The number of aliphatic hydroxyl groups is 3. The summed E-state index contributed by atoms with van der Waals surface area (Å²) in [5.74, 6) is 0. The fraction of sp³-hybridized carbons (Fsp3) is 0.857. The van der Waals surface area contributed by atoms with Crippen molar-refractivity contribution in [3.63, 3.8) is 0 Å². The Morgan fingerprint density at radius 3 is 2.86 bits per heavy atom. The molecule has 0 unspecified atom stereocenters. The van der Waals surface area contributed by atoms with Crippen LogP contribution in [0.1, 0.15) is 0 Å². The minimum atomic E-state index is -1.18. The van der Waals surface area contributed by atoms with Crippen molar-refractivity contribution in [1.82, 2.24) is 5.32 Å². The van der Waals surface area contributed by atoms with Gasteiger partial charge in [0.05, 0.1) is 6.61 Å². The van der Waals surface area contributed by atoms with Gasteiger partial charge in [-0.1, -0.05) is 0 Å². The lowest BCUT2D eigenvalue weighted by Crippen LogP contribution is -2.41. The number of hydrogen-bond acceptors (Lipinski definition) is 6. The molecule has 7 nitrogen and oxygen atoms in total. The van der Waals surface area contributed by atoms with Crippen LogP contribution in [0.3, 0.4) is 0 Å². The van der Waals surface area contributed by atoms with E-state index in [2.05, 4.69) is 5.32 Å². The van der Waals surface area contributed by atoms with E-state index in [-0.39, 0.29) is 0 Å². The third kappa shape index (κ3) is 1.34. The summed E-state index contributed by atoms with van der Waals surface area (Å²) in [6.07, 6.45) is -5.46. The van der Waals surface area contributed by atoms with Gasteiger partial charge in [0.25, 0.3) is 0 Å². The van der Waals surface area contributed by atoms with Gasteiger partial charge in [-0.3, -0.25) is 5.32 Å². The largest absolute Gasteiger partial charge is 0.438 e. The van der Waals surface area contributed by atoms with Crippen molar-refractivity contribution in [3.8, 4) is 0 Å². The third-order valence-electron chi connectivity index (χ3n) is 2.34. The van der Waals surface area contributed by atoms with Gasteiger partial charge in [0.1, 0.15) is 18.3 Å². The summed E-state index contributed by atoms with van der Waals surface area (Å²) in [7, 11) is 0. The van der Waals surface area contributed by atoms with Crippen LogP contribution in [0.2, 0.25) is 0 Å². The number of carbonyl (C=O) groups excluding carboxylic acids is 1. The zero-order valence-corrected chi connectivity index (χ0v) is 7.16. The number of rotatable bonds is 2. The van der Waals surface area contributed by atoms with Crippen LogP contribution >= 0.6 is 0 Å². The van der Waals surface area contributed by atoms with Gasteiger partial charge in [0.15, 0.2) is 12.3 Å². The lowest BCUT2D eigenvalue weighted by molar-refractivity contribution is -0.0862. The number of carbonyl (C=O) groups is 1. The molecule has 2 fully saturated rings. The van der Waals surface area contributed by atoms with Crippen LogP contribution < -0.4 is 5.32 Å². The molecule has 80 valence electrons. The molecular formula is C7H11NO6. The van der Waals surface area contributed by atoms with E-state index < -0.39 is 43.3 Å². The SMILES string of the molecule is O=C1N[C@@H]2O[C@H]([C@@H](O)CO)[C@H](O)[C@@H]2O1. The van der Waals surface area contributed by atoms with Crippen molar-refractivity contribution in [2.45, 2.75) is 30.6 Å². The van der Waals surface area contributed by atoms with Crippen LogP contribution in [0.25, 0.3) is 0 Å². The normalized spacial score (nSPS) is 42.9. The summed E-state index contributed by atoms with van der Waals surface area (Å²) < 4.78 is 9.81. The summed E-state index contributed by atoms with van der Waals surface area (Å²) in [6, 6.07) is 0. The Morgan fingerprint density at radius 2 is 2.29 bits per heavy atom. The predicted molar refractivity (Wildman–Crippen MR) is 41.2 cm³/mol. The average Bonchev–Trinajstić information content (AvgIpc) is 2.64. The number of aliphatic hydroxyl groups excluding tert-OH is 3. The van der Waals surface area contributed by atoms with Crippen molar-refractivity contribution >= 4 is 6.09 Å². The van der Waals surface area contributed by atoms with Gasteiger partial charge >= 0.3 is 6.09 Å². The second-order valence-electron chi connectivity index (χ2n) is 3.28. The maximum absolute atomic E-state index is 10.7. The van der Waals surface area contributed by atoms with Crippen molar-refractivity contribution < 1.29 is 29.6 Å². The number of ether oxygens (including phenoxy) is 2. The number of nitrogens with one attached hydrogen (secondary N) is 1. The fourth-order valence-electron chi connectivity index (χ4n) is 1.64. The van der Waals surface area contributed by atoms with Gasteiger partial charge in [-0.2, -0.15) is 0 Å². The van der Waals surface area contributed by atoms with Crippen molar-refractivity contribution in [2.75, 3.05) is 6.61 Å². The first kappa shape index (κ1) is 9.66. The highest BCUT2D eigenvalue weighted by molar-refractivity contribution is 5.70. The van der Waals surface area contributed by atoms with Gasteiger partial charge in [-0.15, -0.1) is 0 Å². The van der Waals surface area contributed by atoms with E-state index in [0.717, 1.165) is 0 Å². The number of amides is 1. The minimum absolute atomic E-state index is 0.519. The summed E-state index contributed by atoms with van der Waals surface area (Å²) in [5, 5.41) is 29.8. The Bertz CT molecular complexity index is 246. The van der Waals surface area contributed by atoms with Gasteiger partial charge in [-0.25, -0.2) is 4.79 Å². The second-order valence-corrected chi connectivity index (χ2v) is 3.28. The molecule has 7 heteroatoms. The molecule has 0 aliphatic carbocycles. The van der Waals surface area contributed by atoms with Crippen LogP contribution in [-0.2, 0) is 9.47 Å². The highest BCUT2D eigenvalue weighted by Crippen LogP contribution is 2.28. The maximum atomic E-state index is 10.7. The predicted octanol–water partition coefficient (Wildman–Crippen LogP) is -2.47. The minimum Gasteiger partial charge on any atom is -0.438 e. The lowest BCUT2D eigenvalue weighted by Gasteiger charge is -2.19. The zero-order chi connectivity index (χ0) is 10.3. The van der Waals surface area contributed by atoms with E-state index in [1.54, 1.807) is 0 Å². The van der Waals surface area contributed by atoms with Gasteiger partial charge in [-0.05, 0) is 0 Å².